The topological polar surface area (TPSA) is 79.0 Å². The van der Waals surface area contributed by atoms with Crippen molar-refractivity contribution in [2.45, 2.75) is 25.7 Å². The number of nitrogens with one attached hydrogen (secondary N) is 3. The molecule has 0 unspecified atom stereocenters. The predicted octanol–water partition coefficient (Wildman–Crippen LogP) is 1.93. The van der Waals surface area contributed by atoms with Gasteiger partial charge in [-0.05, 0) is 6.07 Å². The number of hydrogen-bond donors (Lipinski definition) is 3. The van der Waals surface area contributed by atoms with Crippen LogP contribution in [0.3, 0.4) is 0 Å². The van der Waals surface area contributed by atoms with Gasteiger partial charge in [0.25, 0.3) is 5.91 Å². The molecule has 3 rings (SSSR count). The van der Waals surface area contributed by atoms with Crippen molar-refractivity contribution in [3.8, 4) is 5.75 Å². The molecule has 0 fully saturated rings. The van der Waals surface area contributed by atoms with E-state index in [4.69, 9.17) is 4.74 Å². The van der Waals surface area contributed by atoms with Gasteiger partial charge in [0.15, 0.2) is 12.3 Å². The number of amides is 1. The Hall–Kier alpha value is -2.55. The maximum atomic E-state index is 12.3. The summed E-state index contributed by atoms with van der Waals surface area (Å²) in [7, 11) is 0. The van der Waals surface area contributed by atoms with Gasteiger partial charge in [-0.15, -0.1) is 0 Å². The molecule has 1 aromatic carbocycles. The summed E-state index contributed by atoms with van der Waals surface area (Å²) in [5.41, 5.74) is 2.52. The van der Waals surface area contributed by atoms with Crippen LogP contribution in [0.5, 0.6) is 5.75 Å². The van der Waals surface area contributed by atoms with E-state index in [0.29, 0.717) is 17.8 Å². The van der Waals surface area contributed by atoms with Crippen LogP contribution in [0.15, 0.2) is 24.3 Å². The largest absolute Gasteiger partial charge is 0.484 e. The van der Waals surface area contributed by atoms with Gasteiger partial charge in [-0.25, -0.2) is 0 Å². The number of benzene rings is 1. The summed E-state index contributed by atoms with van der Waals surface area (Å²) < 4.78 is 41.8. The van der Waals surface area contributed by atoms with E-state index in [-0.39, 0.29) is 18.2 Å². The molecule has 25 heavy (non-hydrogen) atoms. The number of alkyl halides is 3. The van der Waals surface area contributed by atoms with Gasteiger partial charge < -0.3 is 15.4 Å². The van der Waals surface area contributed by atoms with Crippen LogP contribution < -0.4 is 15.4 Å². The van der Waals surface area contributed by atoms with Gasteiger partial charge >= 0.3 is 6.18 Å². The second-order valence-electron chi connectivity index (χ2n) is 5.65. The molecule has 0 saturated carbocycles. The Morgan fingerprint density at radius 3 is 2.92 bits per heavy atom. The van der Waals surface area contributed by atoms with Crippen LogP contribution >= 0.6 is 0 Å². The standard InChI is InChI=1S/C16H17F3N4O2/c17-16(18,19)9-25-13-4-2-1-3-10(13)7-21-15(24)14-11-8-20-6-5-12(11)22-23-14/h1-4,20H,5-9H2,(H,21,24)(H,22,23). The SMILES string of the molecule is O=C(NCc1ccccc1OCC(F)(F)F)c1n[nH]c2c1CNCC2. The Morgan fingerprint density at radius 2 is 2.12 bits per heavy atom. The van der Waals surface area contributed by atoms with Crippen molar-refractivity contribution in [2.75, 3.05) is 13.2 Å². The number of rotatable bonds is 5. The van der Waals surface area contributed by atoms with Gasteiger partial charge in [0.1, 0.15) is 5.75 Å². The fraction of sp³-hybridized carbons (Fsp3) is 0.375. The number of nitrogens with zero attached hydrogens (tertiary/aromatic N) is 1. The average Bonchev–Trinajstić information content (AvgIpc) is 3.02. The molecule has 1 aliphatic rings. The van der Waals surface area contributed by atoms with Gasteiger partial charge in [-0.3, -0.25) is 9.89 Å². The molecule has 1 aromatic heterocycles. The number of para-hydroxylation sites is 1. The molecule has 3 N–H and O–H groups in total. The molecule has 0 bridgehead atoms. The molecule has 0 radical (unpaired) electrons. The number of carbonyl (C=O) groups is 1. The Morgan fingerprint density at radius 1 is 1.32 bits per heavy atom. The molecular formula is C16H17F3N4O2. The lowest BCUT2D eigenvalue weighted by molar-refractivity contribution is -0.153. The Kier molecular flexibility index (Phi) is 4.93. The van der Waals surface area contributed by atoms with Crippen molar-refractivity contribution < 1.29 is 22.7 Å². The summed E-state index contributed by atoms with van der Waals surface area (Å²) >= 11 is 0. The number of ether oxygens (including phenoxy) is 1. The summed E-state index contributed by atoms with van der Waals surface area (Å²) in [5, 5.41) is 12.7. The minimum Gasteiger partial charge on any atom is -0.484 e. The fourth-order valence-electron chi connectivity index (χ4n) is 2.62. The highest BCUT2D eigenvalue weighted by molar-refractivity contribution is 5.94. The summed E-state index contributed by atoms with van der Waals surface area (Å²) in [6.45, 7) is 0.0401. The van der Waals surface area contributed by atoms with Crippen molar-refractivity contribution in [3.05, 3.63) is 46.8 Å². The number of H-pyrrole nitrogens is 1. The van der Waals surface area contributed by atoms with Gasteiger partial charge in [0.2, 0.25) is 0 Å². The maximum Gasteiger partial charge on any atom is 0.422 e. The normalized spacial score (nSPS) is 14.0. The van der Waals surface area contributed by atoms with Crippen molar-refractivity contribution in [2.24, 2.45) is 0 Å². The summed E-state index contributed by atoms with van der Waals surface area (Å²) in [6.07, 6.45) is -3.65. The smallest absolute Gasteiger partial charge is 0.422 e. The van der Waals surface area contributed by atoms with Gasteiger partial charge in [0.05, 0.1) is 0 Å². The van der Waals surface area contributed by atoms with Gasteiger partial charge in [0, 0.05) is 42.9 Å². The zero-order valence-corrected chi connectivity index (χ0v) is 13.2. The minimum absolute atomic E-state index is 0.0436. The molecule has 2 heterocycles. The van der Waals surface area contributed by atoms with Crippen molar-refractivity contribution in [3.63, 3.8) is 0 Å². The number of carbonyl (C=O) groups excluding carboxylic acids is 1. The first-order valence-electron chi connectivity index (χ1n) is 7.76. The van der Waals surface area contributed by atoms with Crippen LogP contribution in [-0.2, 0) is 19.5 Å². The Balaban J connectivity index is 1.65. The van der Waals surface area contributed by atoms with Crippen LogP contribution in [-0.4, -0.2) is 35.4 Å². The third-order valence-corrected chi connectivity index (χ3v) is 3.82. The molecule has 0 spiro atoms. The molecule has 134 valence electrons. The van der Waals surface area contributed by atoms with Crippen LogP contribution in [0.1, 0.15) is 27.3 Å². The Labute approximate surface area is 141 Å². The lowest BCUT2D eigenvalue weighted by atomic mass is 10.1. The first-order chi connectivity index (χ1) is 11.9. The summed E-state index contributed by atoms with van der Waals surface area (Å²) in [4.78, 5) is 12.3. The van der Waals surface area contributed by atoms with Crippen molar-refractivity contribution in [1.82, 2.24) is 20.8 Å². The van der Waals surface area contributed by atoms with E-state index in [1.807, 2.05) is 0 Å². The van der Waals surface area contributed by atoms with E-state index in [1.165, 1.54) is 6.07 Å². The van der Waals surface area contributed by atoms with E-state index in [0.717, 1.165) is 24.2 Å². The molecular weight excluding hydrogens is 337 g/mol. The van der Waals surface area contributed by atoms with Crippen LogP contribution in [0.25, 0.3) is 0 Å². The van der Waals surface area contributed by atoms with Gasteiger partial charge in [-0.1, -0.05) is 18.2 Å². The molecule has 0 atom stereocenters. The third-order valence-electron chi connectivity index (χ3n) is 3.82. The fourth-order valence-corrected chi connectivity index (χ4v) is 2.62. The second-order valence-corrected chi connectivity index (χ2v) is 5.65. The number of halogens is 3. The Bertz CT molecular complexity index is 758. The predicted molar refractivity (Wildman–Crippen MR) is 83.2 cm³/mol. The molecule has 6 nitrogen and oxygen atoms in total. The molecule has 0 aliphatic carbocycles. The quantitative estimate of drug-likeness (QED) is 0.767. The second kappa shape index (κ2) is 7.14. The number of aromatic amines is 1. The molecule has 9 heteroatoms. The van der Waals surface area contributed by atoms with E-state index < -0.39 is 12.8 Å². The van der Waals surface area contributed by atoms with Crippen LogP contribution in [0.4, 0.5) is 13.2 Å². The number of aromatic nitrogens is 2. The lowest BCUT2D eigenvalue weighted by Crippen LogP contribution is -2.28. The van der Waals surface area contributed by atoms with E-state index >= 15 is 0 Å². The maximum absolute atomic E-state index is 12.3. The molecule has 1 amide bonds. The van der Waals surface area contributed by atoms with Crippen molar-refractivity contribution >= 4 is 5.91 Å². The van der Waals surface area contributed by atoms with E-state index in [2.05, 4.69) is 20.8 Å². The van der Waals surface area contributed by atoms with Gasteiger partial charge in [-0.2, -0.15) is 18.3 Å². The average molecular weight is 354 g/mol. The zero-order chi connectivity index (χ0) is 17.9. The van der Waals surface area contributed by atoms with E-state index in [1.54, 1.807) is 18.2 Å². The first-order valence-corrected chi connectivity index (χ1v) is 7.76. The van der Waals surface area contributed by atoms with E-state index in [9.17, 15) is 18.0 Å². The van der Waals surface area contributed by atoms with Crippen LogP contribution in [0, 0.1) is 0 Å². The zero-order valence-electron chi connectivity index (χ0n) is 13.2. The molecule has 0 saturated heterocycles. The van der Waals surface area contributed by atoms with Crippen molar-refractivity contribution in [1.29, 1.82) is 0 Å². The lowest BCUT2D eigenvalue weighted by Gasteiger charge is -2.14. The monoisotopic (exact) mass is 354 g/mol. The number of fused-ring (bicyclic) bond motifs is 1. The highest BCUT2D eigenvalue weighted by atomic mass is 19.4. The summed E-state index contributed by atoms with van der Waals surface area (Å²) in [5.74, 6) is -0.294. The number of hydrogen-bond acceptors (Lipinski definition) is 4. The third kappa shape index (κ3) is 4.30. The minimum atomic E-state index is -4.42. The summed E-state index contributed by atoms with van der Waals surface area (Å²) in [6, 6.07) is 6.29. The molecule has 2 aromatic rings. The highest BCUT2D eigenvalue weighted by Gasteiger charge is 2.29. The highest BCUT2D eigenvalue weighted by Crippen LogP contribution is 2.22. The van der Waals surface area contributed by atoms with Crippen LogP contribution in [0.2, 0.25) is 0 Å². The molecule has 1 aliphatic heterocycles. The first kappa shape index (κ1) is 17.3.